The lowest BCUT2D eigenvalue weighted by Gasteiger charge is -2.30. The lowest BCUT2D eigenvalue weighted by atomic mass is 9.77. The van der Waals surface area contributed by atoms with E-state index in [9.17, 15) is 24.6 Å². The summed E-state index contributed by atoms with van der Waals surface area (Å²) in [5, 5.41) is 21.1. The maximum absolute atomic E-state index is 11.9. The first-order valence-corrected chi connectivity index (χ1v) is 7.22. The number of hydrogen-bond acceptors (Lipinski definition) is 6. The minimum Gasteiger partial charge on any atom is -0.550 e. The van der Waals surface area contributed by atoms with E-state index in [2.05, 4.69) is 0 Å². The Labute approximate surface area is 137 Å². The number of hydrogen-bond donors (Lipinski definition) is 2. The highest BCUT2D eigenvalue weighted by molar-refractivity contribution is 5.77. The third kappa shape index (κ3) is 10.6. The van der Waals surface area contributed by atoms with E-state index in [0.29, 0.717) is 19.3 Å². The number of methoxy groups -OCH3 is 1. The van der Waals surface area contributed by atoms with Crippen LogP contribution in [0.4, 0.5) is 0 Å². The number of esters is 1. The zero-order valence-electron chi connectivity index (χ0n) is 15.0. The molecule has 0 heterocycles. The first kappa shape index (κ1) is 26.2. The van der Waals surface area contributed by atoms with Crippen molar-refractivity contribution >= 4 is 17.9 Å². The van der Waals surface area contributed by atoms with Gasteiger partial charge in [0.1, 0.15) is 0 Å². The molecular formula is C15H32N2O6. The lowest BCUT2D eigenvalue weighted by molar-refractivity contribution is -0.312. The summed E-state index contributed by atoms with van der Waals surface area (Å²) in [5.74, 6) is -3.39. The molecule has 2 atom stereocenters. The minimum atomic E-state index is -1.18. The standard InChI is InChI=1S/C15H26O6.2H3N/c1-11(13(18)19)10-15(2,14(20)21-3)9-7-5-4-6-8-12(16)17;;/h11H,4-10H2,1-3H3,(H,16,17)(H,18,19);2*1H3. The molecule has 138 valence electrons. The highest BCUT2D eigenvalue weighted by Crippen LogP contribution is 2.33. The summed E-state index contributed by atoms with van der Waals surface area (Å²) < 4.78 is 4.77. The second-order valence-electron chi connectivity index (χ2n) is 5.76. The molecule has 0 rings (SSSR count). The lowest BCUT2D eigenvalue weighted by Crippen LogP contribution is -2.37. The van der Waals surface area contributed by atoms with Gasteiger partial charge in [-0.2, -0.15) is 0 Å². The third-order valence-corrected chi connectivity index (χ3v) is 3.70. The molecule has 0 aromatic heterocycles. The fraction of sp³-hybridized carbons (Fsp3) is 0.800. The average Bonchev–Trinajstić information content (AvgIpc) is 2.41. The number of carboxylic acid groups (broad SMARTS) is 2. The van der Waals surface area contributed by atoms with E-state index in [1.165, 1.54) is 14.0 Å². The number of rotatable bonds is 11. The predicted molar refractivity (Wildman–Crippen MR) is 83.6 cm³/mol. The van der Waals surface area contributed by atoms with E-state index in [-0.39, 0.29) is 25.1 Å². The molecule has 23 heavy (non-hydrogen) atoms. The summed E-state index contributed by atoms with van der Waals surface area (Å²) in [4.78, 5) is 33.0. The highest BCUT2D eigenvalue weighted by Gasteiger charge is 2.35. The van der Waals surface area contributed by atoms with Crippen LogP contribution in [-0.2, 0) is 19.1 Å². The van der Waals surface area contributed by atoms with Crippen LogP contribution < -0.4 is 22.5 Å². The van der Waals surface area contributed by atoms with Crippen molar-refractivity contribution in [2.75, 3.05) is 7.11 Å². The molecule has 0 aliphatic carbocycles. The SMILES string of the molecule is COC(=O)C(C)(CCCCCCC(=O)[O-])CC(C)C(=O)[O-].[NH4+].[NH4+]. The molecule has 0 radical (unpaired) electrons. The Balaban J connectivity index is -0.00000200. The smallest absolute Gasteiger partial charge is 0.311 e. The molecule has 0 spiro atoms. The number of ether oxygens (including phenoxy) is 1. The molecule has 2 unspecified atom stereocenters. The number of aliphatic carboxylic acids is 2. The molecule has 0 aromatic carbocycles. The summed E-state index contributed by atoms with van der Waals surface area (Å²) in [7, 11) is 1.28. The van der Waals surface area contributed by atoms with Crippen LogP contribution in [-0.4, -0.2) is 25.0 Å². The van der Waals surface area contributed by atoms with Crippen molar-refractivity contribution in [3.05, 3.63) is 0 Å². The maximum Gasteiger partial charge on any atom is 0.311 e. The van der Waals surface area contributed by atoms with Crippen molar-refractivity contribution < 1.29 is 29.3 Å². The largest absolute Gasteiger partial charge is 0.550 e. The summed E-state index contributed by atoms with van der Waals surface area (Å²) in [6.07, 6.45) is 3.48. The van der Waals surface area contributed by atoms with Crippen molar-refractivity contribution in [1.82, 2.24) is 12.3 Å². The second kappa shape index (κ2) is 12.8. The van der Waals surface area contributed by atoms with E-state index in [4.69, 9.17) is 4.74 Å². The summed E-state index contributed by atoms with van der Waals surface area (Å²) in [6, 6.07) is 0. The van der Waals surface area contributed by atoms with E-state index in [1.54, 1.807) is 6.92 Å². The number of carbonyl (C=O) groups is 3. The van der Waals surface area contributed by atoms with Crippen molar-refractivity contribution in [3.63, 3.8) is 0 Å². The predicted octanol–water partition coefficient (Wildman–Crippen LogP) is 0.785. The van der Waals surface area contributed by atoms with Gasteiger partial charge in [0, 0.05) is 11.9 Å². The monoisotopic (exact) mass is 336 g/mol. The van der Waals surface area contributed by atoms with Crippen LogP contribution in [0.5, 0.6) is 0 Å². The molecule has 0 bridgehead atoms. The molecule has 0 aliphatic heterocycles. The zero-order valence-corrected chi connectivity index (χ0v) is 15.0. The quantitative estimate of drug-likeness (QED) is 0.415. The zero-order chi connectivity index (χ0) is 16.5. The summed E-state index contributed by atoms with van der Waals surface area (Å²) >= 11 is 0. The van der Waals surface area contributed by atoms with Crippen LogP contribution in [0.25, 0.3) is 0 Å². The first-order chi connectivity index (χ1) is 9.73. The van der Waals surface area contributed by atoms with Crippen LogP contribution in [0.3, 0.4) is 0 Å². The average molecular weight is 336 g/mol. The van der Waals surface area contributed by atoms with Crippen molar-refractivity contribution in [1.29, 1.82) is 0 Å². The molecule has 8 heteroatoms. The van der Waals surface area contributed by atoms with Gasteiger partial charge in [0.05, 0.1) is 12.5 Å². The number of carboxylic acids is 2. The Morgan fingerprint density at radius 3 is 2.00 bits per heavy atom. The maximum atomic E-state index is 11.9. The van der Waals surface area contributed by atoms with Gasteiger partial charge in [0.15, 0.2) is 0 Å². The molecule has 0 amide bonds. The van der Waals surface area contributed by atoms with Crippen LogP contribution in [0, 0.1) is 11.3 Å². The fourth-order valence-corrected chi connectivity index (χ4v) is 2.43. The van der Waals surface area contributed by atoms with Gasteiger partial charge in [-0.25, -0.2) is 0 Å². The topological polar surface area (TPSA) is 180 Å². The van der Waals surface area contributed by atoms with Gasteiger partial charge in [0.25, 0.3) is 0 Å². The fourth-order valence-electron chi connectivity index (χ4n) is 2.43. The molecule has 8 N–H and O–H groups in total. The Kier molecular flexibility index (Phi) is 14.6. The number of carbonyl (C=O) groups excluding carboxylic acids is 3. The van der Waals surface area contributed by atoms with Gasteiger partial charge in [-0.15, -0.1) is 0 Å². The van der Waals surface area contributed by atoms with Gasteiger partial charge < -0.3 is 36.8 Å². The molecule has 0 aliphatic rings. The Morgan fingerprint density at radius 2 is 1.57 bits per heavy atom. The first-order valence-electron chi connectivity index (χ1n) is 7.22. The Morgan fingerprint density at radius 1 is 1.04 bits per heavy atom. The third-order valence-electron chi connectivity index (χ3n) is 3.70. The van der Waals surface area contributed by atoms with Crippen LogP contribution in [0.15, 0.2) is 0 Å². The normalized spacial score (nSPS) is 13.7. The van der Waals surface area contributed by atoms with Crippen molar-refractivity contribution in [2.45, 2.75) is 58.8 Å². The Bertz CT molecular complexity index is 375. The van der Waals surface area contributed by atoms with E-state index < -0.39 is 29.2 Å². The second-order valence-corrected chi connectivity index (χ2v) is 5.76. The molecule has 8 nitrogen and oxygen atoms in total. The van der Waals surface area contributed by atoms with E-state index >= 15 is 0 Å². The van der Waals surface area contributed by atoms with Crippen molar-refractivity contribution in [2.24, 2.45) is 11.3 Å². The van der Waals surface area contributed by atoms with E-state index in [1.807, 2.05) is 0 Å². The van der Waals surface area contributed by atoms with Crippen LogP contribution in [0.2, 0.25) is 0 Å². The molecular weight excluding hydrogens is 304 g/mol. The van der Waals surface area contributed by atoms with Gasteiger partial charge in [-0.3, -0.25) is 4.79 Å². The van der Waals surface area contributed by atoms with Gasteiger partial charge in [-0.1, -0.05) is 26.2 Å². The van der Waals surface area contributed by atoms with E-state index in [0.717, 1.165) is 12.8 Å². The number of unbranched alkanes of at least 4 members (excludes halogenated alkanes) is 3. The van der Waals surface area contributed by atoms with Gasteiger partial charge >= 0.3 is 5.97 Å². The Hall–Kier alpha value is -1.67. The molecule has 0 fully saturated rings. The summed E-state index contributed by atoms with van der Waals surface area (Å²) in [6.45, 7) is 3.20. The molecule has 0 aromatic rings. The van der Waals surface area contributed by atoms with Gasteiger partial charge in [0.2, 0.25) is 0 Å². The molecule has 0 saturated heterocycles. The highest BCUT2D eigenvalue weighted by atomic mass is 16.5. The van der Waals surface area contributed by atoms with Gasteiger partial charge in [-0.05, 0) is 38.5 Å². The number of quaternary nitrogens is 2. The summed E-state index contributed by atoms with van der Waals surface area (Å²) in [5.41, 5.74) is -0.859. The van der Waals surface area contributed by atoms with Crippen LogP contribution in [0.1, 0.15) is 58.8 Å². The molecule has 0 saturated carbocycles. The van der Waals surface area contributed by atoms with Crippen LogP contribution >= 0.6 is 0 Å². The van der Waals surface area contributed by atoms with Crippen molar-refractivity contribution in [3.8, 4) is 0 Å². The minimum absolute atomic E-state index is 0.